The summed E-state index contributed by atoms with van der Waals surface area (Å²) in [6.07, 6.45) is 6.18. The first-order valence-corrected chi connectivity index (χ1v) is 6.69. The molecule has 2 rings (SSSR count). The Morgan fingerprint density at radius 3 is 2.72 bits per heavy atom. The lowest BCUT2D eigenvalue weighted by molar-refractivity contribution is 0.541. The van der Waals surface area contributed by atoms with Gasteiger partial charge in [-0.05, 0) is 46.2 Å². The molecule has 1 atom stereocenters. The van der Waals surface area contributed by atoms with Crippen LogP contribution in [0.4, 0.5) is 0 Å². The molecule has 2 aromatic rings. The van der Waals surface area contributed by atoms with Crippen molar-refractivity contribution < 1.29 is 0 Å². The zero-order valence-corrected chi connectivity index (χ0v) is 11.8. The highest BCUT2D eigenvalue weighted by Crippen LogP contribution is 2.17. The van der Waals surface area contributed by atoms with Crippen molar-refractivity contribution in [2.45, 2.75) is 19.4 Å². The summed E-state index contributed by atoms with van der Waals surface area (Å²) in [7, 11) is 0. The third kappa shape index (κ3) is 3.58. The Labute approximate surface area is 115 Å². The summed E-state index contributed by atoms with van der Waals surface area (Å²) in [4.78, 5) is 4.40. The molecule has 0 aliphatic carbocycles. The van der Waals surface area contributed by atoms with Crippen molar-refractivity contribution in [1.82, 2.24) is 20.5 Å². The van der Waals surface area contributed by atoms with Gasteiger partial charge in [-0.3, -0.25) is 4.98 Å². The highest BCUT2D eigenvalue weighted by Gasteiger charge is 2.12. The molecule has 2 heterocycles. The molecular formula is C13H15BrN4. The molecule has 4 nitrogen and oxygen atoms in total. The van der Waals surface area contributed by atoms with E-state index in [0.717, 1.165) is 28.7 Å². The van der Waals surface area contributed by atoms with Crippen molar-refractivity contribution in [3.63, 3.8) is 0 Å². The zero-order valence-electron chi connectivity index (χ0n) is 10.2. The van der Waals surface area contributed by atoms with Crippen LogP contribution in [-0.4, -0.2) is 21.7 Å². The third-order valence-electron chi connectivity index (χ3n) is 2.66. The van der Waals surface area contributed by atoms with Crippen LogP contribution in [0.5, 0.6) is 0 Å². The summed E-state index contributed by atoms with van der Waals surface area (Å²) in [5.74, 6) is 0. The Balaban J connectivity index is 2.14. The number of halogens is 1. The fraction of sp³-hybridized carbons (Fsp3) is 0.308. The number of pyridine rings is 1. The van der Waals surface area contributed by atoms with Crippen LogP contribution >= 0.6 is 15.9 Å². The second-order valence-electron chi connectivity index (χ2n) is 3.96. The van der Waals surface area contributed by atoms with Gasteiger partial charge in [0.25, 0.3) is 0 Å². The van der Waals surface area contributed by atoms with Gasteiger partial charge in [-0.2, -0.15) is 10.2 Å². The van der Waals surface area contributed by atoms with E-state index in [-0.39, 0.29) is 6.04 Å². The van der Waals surface area contributed by atoms with E-state index in [0.29, 0.717) is 0 Å². The minimum atomic E-state index is 0.221. The molecule has 0 bridgehead atoms. The van der Waals surface area contributed by atoms with E-state index in [1.807, 2.05) is 24.4 Å². The van der Waals surface area contributed by atoms with E-state index in [2.05, 4.69) is 43.4 Å². The van der Waals surface area contributed by atoms with Crippen LogP contribution in [-0.2, 0) is 6.42 Å². The van der Waals surface area contributed by atoms with Crippen LogP contribution in [0.3, 0.4) is 0 Å². The zero-order chi connectivity index (χ0) is 12.8. The molecule has 0 aliphatic heterocycles. The van der Waals surface area contributed by atoms with Gasteiger partial charge in [0.15, 0.2) is 0 Å². The number of hydrogen-bond acceptors (Lipinski definition) is 4. The Kier molecular flexibility index (Phi) is 4.78. The monoisotopic (exact) mass is 306 g/mol. The van der Waals surface area contributed by atoms with E-state index in [1.54, 1.807) is 12.4 Å². The average molecular weight is 307 g/mol. The molecule has 0 radical (unpaired) electrons. The van der Waals surface area contributed by atoms with Crippen molar-refractivity contribution in [3.8, 4) is 0 Å². The van der Waals surface area contributed by atoms with Crippen LogP contribution in [0.25, 0.3) is 0 Å². The van der Waals surface area contributed by atoms with Crippen LogP contribution in [0.2, 0.25) is 0 Å². The average Bonchev–Trinajstić information content (AvgIpc) is 2.42. The summed E-state index contributed by atoms with van der Waals surface area (Å²) in [5, 5.41) is 11.2. The van der Waals surface area contributed by atoms with E-state index in [1.165, 1.54) is 0 Å². The number of hydrogen-bond donors (Lipinski definition) is 1. The van der Waals surface area contributed by atoms with Crippen molar-refractivity contribution in [2.24, 2.45) is 0 Å². The summed E-state index contributed by atoms with van der Waals surface area (Å²) >= 11 is 3.39. The molecule has 0 amide bonds. The summed E-state index contributed by atoms with van der Waals surface area (Å²) in [5.41, 5.74) is 2.19. The molecule has 5 heteroatoms. The first kappa shape index (κ1) is 13.1. The molecule has 2 aromatic heterocycles. The second kappa shape index (κ2) is 6.56. The topological polar surface area (TPSA) is 50.7 Å². The van der Waals surface area contributed by atoms with Crippen LogP contribution < -0.4 is 5.32 Å². The molecule has 1 N–H and O–H groups in total. The fourth-order valence-electron chi connectivity index (χ4n) is 1.80. The Hall–Kier alpha value is -1.33. The standard InChI is InChI=1S/C13H15BrN4/c1-2-15-13(10-5-6-17-18-8-10)7-12-4-3-11(14)9-16-12/h3-6,8-9,13,15H,2,7H2,1H3. The lowest BCUT2D eigenvalue weighted by Gasteiger charge is -2.17. The summed E-state index contributed by atoms with van der Waals surface area (Å²) in [6, 6.07) is 6.25. The second-order valence-corrected chi connectivity index (χ2v) is 4.87. The van der Waals surface area contributed by atoms with Crippen molar-refractivity contribution in [1.29, 1.82) is 0 Å². The van der Waals surface area contributed by atoms with Gasteiger partial charge in [-0.1, -0.05) is 6.92 Å². The van der Waals surface area contributed by atoms with Gasteiger partial charge >= 0.3 is 0 Å². The van der Waals surface area contributed by atoms with Gasteiger partial charge in [0.1, 0.15) is 0 Å². The number of likely N-dealkylation sites (N-methyl/N-ethyl adjacent to an activating group) is 1. The van der Waals surface area contributed by atoms with E-state index >= 15 is 0 Å². The van der Waals surface area contributed by atoms with Gasteiger partial charge < -0.3 is 5.32 Å². The van der Waals surface area contributed by atoms with E-state index in [9.17, 15) is 0 Å². The highest BCUT2D eigenvalue weighted by atomic mass is 79.9. The van der Waals surface area contributed by atoms with Crippen molar-refractivity contribution in [2.75, 3.05) is 6.54 Å². The number of rotatable bonds is 5. The molecule has 0 aromatic carbocycles. The third-order valence-corrected chi connectivity index (χ3v) is 3.13. The van der Waals surface area contributed by atoms with Crippen LogP contribution in [0, 0.1) is 0 Å². The maximum atomic E-state index is 4.40. The van der Waals surface area contributed by atoms with Gasteiger partial charge in [-0.15, -0.1) is 0 Å². The number of nitrogens with zero attached hydrogens (tertiary/aromatic N) is 3. The van der Waals surface area contributed by atoms with Gasteiger partial charge in [-0.25, -0.2) is 0 Å². The maximum Gasteiger partial charge on any atom is 0.0544 e. The summed E-state index contributed by atoms with van der Waals surface area (Å²) in [6.45, 7) is 3.00. The molecule has 18 heavy (non-hydrogen) atoms. The highest BCUT2D eigenvalue weighted by molar-refractivity contribution is 9.10. The molecule has 1 unspecified atom stereocenters. The Morgan fingerprint density at radius 1 is 1.22 bits per heavy atom. The van der Waals surface area contributed by atoms with E-state index in [4.69, 9.17) is 0 Å². The van der Waals surface area contributed by atoms with Crippen LogP contribution in [0.1, 0.15) is 24.2 Å². The Bertz CT molecular complexity index is 472. The Morgan fingerprint density at radius 2 is 2.11 bits per heavy atom. The normalized spacial score (nSPS) is 12.3. The number of aromatic nitrogens is 3. The lowest BCUT2D eigenvalue weighted by Crippen LogP contribution is -2.23. The molecule has 94 valence electrons. The fourth-order valence-corrected chi connectivity index (χ4v) is 2.03. The molecule has 0 fully saturated rings. The molecule has 0 aliphatic rings. The smallest absolute Gasteiger partial charge is 0.0544 e. The minimum absolute atomic E-state index is 0.221. The van der Waals surface area contributed by atoms with Crippen molar-refractivity contribution >= 4 is 15.9 Å². The minimum Gasteiger partial charge on any atom is -0.310 e. The largest absolute Gasteiger partial charge is 0.310 e. The predicted octanol–water partition coefficient (Wildman–Crippen LogP) is 2.53. The molecule has 0 saturated heterocycles. The van der Waals surface area contributed by atoms with Crippen molar-refractivity contribution in [3.05, 3.63) is 52.5 Å². The van der Waals surface area contributed by atoms with Gasteiger partial charge in [0.2, 0.25) is 0 Å². The SMILES string of the molecule is CCNC(Cc1ccc(Br)cn1)c1ccnnc1. The van der Waals surface area contributed by atoms with Gasteiger partial charge in [0, 0.05) is 35.0 Å². The molecule has 0 saturated carbocycles. The molecular weight excluding hydrogens is 292 g/mol. The van der Waals surface area contributed by atoms with Crippen LogP contribution in [0.15, 0.2) is 41.3 Å². The quantitative estimate of drug-likeness (QED) is 0.922. The number of nitrogens with one attached hydrogen (secondary N) is 1. The lowest BCUT2D eigenvalue weighted by atomic mass is 10.0. The van der Waals surface area contributed by atoms with E-state index < -0.39 is 0 Å². The maximum absolute atomic E-state index is 4.40. The molecule has 0 spiro atoms. The first-order chi connectivity index (χ1) is 8.79. The first-order valence-electron chi connectivity index (χ1n) is 5.90. The van der Waals surface area contributed by atoms with Gasteiger partial charge in [0.05, 0.1) is 6.20 Å². The predicted molar refractivity (Wildman–Crippen MR) is 74.1 cm³/mol. The summed E-state index contributed by atoms with van der Waals surface area (Å²) < 4.78 is 0.997.